The summed E-state index contributed by atoms with van der Waals surface area (Å²) in [7, 11) is 0. The second-order valence-electron chi connectivity index (χ2n) is 1.82. The molecule has 0 bridgehead atoms. The molecule has 0 spiro atoms. The molecule has 0 aliphatic heterocycles. The van der Waals surface area contributed by atoms with Crippen molar-refractivity contribution in [2.24, 2.45) is 0 Å². The third-order valence-electron chi connectivity index (χ3n) is 0.818. The predicted molar refractivity (Wildman–Crippen MR) is 38.9 cm³/mol. The van der Waals surface area contributed by atoms with Crippen molar-refractivity contribution < 1.29 is 25.5 Å². The van der Waals surface area contributed by atoms with Crippen molar-refractivity contribution in [2.45, 2.75) is 19.1 Å². The first-order valence-electron chi connectivity index (χ1n) is 3.32. The molecule has 5 nitrogen and oxygen atoms in total. The summed E-state index contributed by atoms with van der Waals surface area (Å²) in [5.41, 5.74) is 0. The maximum absolute atomic E-state index is 8.47. The summed E-state index contributed by atoms with van der Waals surface area (Å²) in [5.74, 6) is 0. The largest absolute Gasteiger partial charge is 0.397 e. The first-order valence-corrected chi connectivity index (χ1v) is 3.32. The second-order valence-corrected chi connectivity index (χ2v) is 1.82. The van der Waals surface area contributed by atoms with Gasteiger partial charge < -0.3 is 25.5 Å². The van der Waals surface area contributed by atoms with Crippen LogP contribution in [0.2, 0.25) is 0 Å². The van der Waals surface area contributed by atoms with Crippen LogP contribution in [0, 0.1) is 0 Å². The molecule has 2 unspecified atom stereocenters. The van der Waals surface area contributed by atoms with Crippen molar-refractivity contribution in [3.63, 3.8) is 0 Å². The SMILES string of the molecule is CCO.OCC(O)C(O)CO. The molecule has 0 rings (SSSR count). The van der Waals surface area contributed by atoms with Gasteiger partial charge in [0.15, 0.2) is 0 Å². The van der Waals surface area contributed by atoms with E-state index in [0.717, 1.165) is 0 Å². The van der Waals surface area contributed by atoms with Crippen molar-refractivity contribution in [2.75, 3.05) is 19.8 Å². The van der Waals surface area contributed by atoms with Gasteiger partial charge in [-0.2, -0.15) is 0 Å². The highest BCUT2D eigenvalue weighted by molar-refractivity contribution is 4.62. The minimum absolute atomic E-state index is 0.250. The molecule has 0 fully saturated rings. The Morgan fingerprint density at radius 2 is 1.09 bits per heavy atom. The van der Waals surface area contributed by atoms with Gasteiger partial charge in [-0.25, -0.2) is 0 Å². The van der Waals surface area contributed by atoms with E-state index in [0.29, 0.717) is 0 Å². The highest BCUT2D eigenvalue weighted by Gasteiger charge is 2.12. The smallest absolute Gasteiger partial charge is 0.105 e. The van der Waals surface area contributed by atoms with Gasteiger partial charge in [0.1, 0.15) is 12.2 Å². The Morgan fingerprint density at radius 1 is 0.909 bits per heavy atom. The van der Waals surface area contributed by atoms with Gasteiger partial charge in [0, 0.05) is 6.61 Å². The maximum Gasteiger partial charge on any atom is 0.105 e. The predicted octanol–water partition coefficient (Wildman–Crippen LogP) is -2.31. The van der Waals surface area contributed by atoms with E-state index in [-0.39, 0.29) is 6.61 Å². The standard InChI is InChI=1S/C4H10O4.C2H6O/c5-1-3(7)4(8)2-6;1-2-3/h3-8H,1-2H2;3H,2H2,1H3. The van der Waals surface area contributed by atoms with Gasteiger partial charge >= 0.3 is 0 Å². The molecule has 0 aliphatic rings. The zero-order valence-corrected chi connectivity index (χ0v) is 6.51. The number of hydrogen-bond donors (Lipinski definition) is 5. The van der Waals surface area contributed by atoms with Gasteiger partial charge in [0.2, 0.25) is 0 Å². The van der Waals surface area contributed by atoms with Crippen molar-refractivity contribution in [3.8, 4) is 0 Å². The maximum atomic E-state index is 8.47. The van der Waals surface area contributed by atoms with E-state index < -0.39 is 25.4 Å². The first-order chi connectivity index (χ1) is 5.13. The van der Waals surface area contributed by atoms with Crippen LogP contribution in [0.5, 0.6) is 0 Å². The van der Waals surface area contributed by atoms with Crippen LogP contribution in [0.25, 0.3) is 0 Å². The van der Waals surface area contributed by atoms with Gasteiger partial charge in [-0.15, -0.1) is 0 Å². The van der Waals surface area contributed by atoms with Crippen LogP contribution in [-0.4, -0.2) is 57.6 Å². The molecule has 5 heteroatoms. The highest BCUT2D eigenvalue weighted by atomic mass is 16.4. The fraction of sp³-hybridized carbons (Fsp3) is 1.00. The molecular weight excluding hydrogens is 152 g/mol. The third-order valence-corrected chi connectivity index (χ3v) is 0.818. The van der Waals surface area contributed by atoms with E-state index >= 15 is 0 Å². The topological polar surface area (TPSA) is 101 Å². The Morgan fingerprint density at radius 3 is 1.18 bits per heavy atom. The van der Waals surface area contributed by atoms with Crippen LogP contribution in [0.3, 0.4) is 0 Å². The molecule has 70 valence electrons. The van der Waals surface area contributed by atoms with Crippen molar-refractivity contribution >= 4 is 0 Å². The summed E-state index contributed by atoms with van der Waals surface area (Å²) in [6.07, 6.45) is -2.44. The molecule has 5 N–H and O–H groups in total. The average molecular weight is 168 g/mol. The highest BCUT2D eigenvalue weighted by Crippen LogP contribution is 1.88. The minimum Gasteiger partial charge on any atom is -0.397 e. The summed E-state index contributed by atoms with van der Waals surface area (Å²) in [6, 6.07) is 0. The Balaban J connectivity index is 0. The average Bonchev–Trinajstić information content (AvgIpc) is 2.03. The lowest BCUT2D eigenvalue weighted by atomic mass is 10.2. The third kappa shape index (κ3) is 9.80. The Labute approximate surface area is 65.5 Å². The second kappa shape index (κ2) is 9.80. The van der Waals surface area contributed by atoms with E-state index in [9.17, 15) is 0 Å². The molecular formula is C6H16O5. The van der Waals surface area contributed by atoms with Gasteiger partial charge in [-0.05, 0) is 6.92 Å². The summed E-state index contributed by atoms with van der Waals surface area (Å²) >= 11 is 0. The Hall–Kier alpha value is -0.200. The van der Waals surface area contributed by atoms with E-state index in [1.54, 1.807) is 6.92 Å². The molecule has 11 heavy (non-hydrogen) atoms. The Bertz CT molecular complexity index is 60.0. The summed E-state index contributed by atoms with van der Waals surface area (Å²) < 4.78 is 0. The lowest BCUT2D eigenvalue weighted by Crippen LogP contribution is -2.31. The molecule has 0 saturated heterocycles. The molecule has 0 aromatic rings. The van der Waals surface area contributed by atoms with Gasteiger partial charge in [0.25, 0.3) is 0 Å². The number of hydrogen-bond acceptors (Lipinski definition) is 5. The van der Waals surface area contributed by atoms with Crippen LogP contribution in [0.1, 0.15) is 6.92 Å². The van der Waals surface area contributed by atoms with Crippen LogP contribution < -0.4 is 0 Å². The van der Waals surface area contributed by atoms with Crippen LogP contribution in [-0.2, 0) is 0 Å². The molecule has 0 aliphatic carbocycles. The van der Waals surface area contributed by atoms with Crippen molar-refractivity contribution in [3.05, 3.63) is 0 Å². The molecule has 0 amide bonds. The normalized spacial score (nSPS) is 14.7. The molecule has 0 radical (unpaired) electrons. The van der Waals surface area contributed by atoms with Crippen LogP contribution >= 0.6 is 0 Å². The van der Waals surface area contributed by atoms with E-state index in [1.165, 1.54) is 0 Å². The molecule has 0 saturated carbocycles. The fourth-order valence-electron chi connectivity index (χ4n) is 0.243. The van der Waals surface area contributed by atoms with Crippen LogP contribution in [0.4, 0.5) is 0 Å². The van der Waals surface area contributed by atoms with Crippen molar-refractivity contribution in [1.82, 2.24) is 0 Å². The summed E-state index contributed by atoms with van der Waals surface area (Å²) in [4.78, 5) is 0. The molecule has 0 aromatic carbocycles. The molecule has 2 atom stereocenters. The lowest BCUT2D eigenvalue weighted by Gasteiger charge is -2.10. The molecule has 0 heterocycles. The van der Waals surface area contributed by atoms with E-state index in [4.69, 9.17) is 25.5 Å². The van der Waals surface area contributed by atoms with Gasteiger partial charge in [0.05, 0.1) is 13.2 Å². The van der Waals surface area contributed by atoms with Gasteiger partial charge in [-0.3, -0.25) is 0 Å². The number of rotatable bonds is 3. The monoisotopic (exact) mass is 168 g/mol. The van der Waals surface area contributed by atoms with E-state index in [2.05, 4.69) is 0 Å². The van der Waals surface area contributed by atoms with Gasteiger partial charge in [-0.1, -0.05) is 0 Å². The Kier molecular flexibility index (Phi) is 11.9. The lowest BCUT2D eigenvalue weighted by molar-refractivity contribution is -0.0388. The first kappa shape index (κ1) is 13.4. The van der Waals surface area contributed by atoms with Crippen LogP contribution in [0.15, 0.2) is 0 Å². The number of aliphatic hydroxyl groups excluding tert-OH is 5. The zero-order valence-electron chi connectivity index (χ0n) is 6.51. The zero-order chi connectivity index (χ0) is 9.28. The van der Waals surface area contributed by atoms with Crippen molar-refractivity contribution in [1.29, 1.82) is 0 Å². The van der Waals surface area contributed by atoms with E-state index in [1.807, 2.05) is 0 Å². The fourth-order valence-corrected chi connectivity index (χ4v) is 0.243. The number of aliphatic hydroxyl groups is 5. The minimum atomic E-state index is -1.22. The summed E-state index contributed by atoms with van der Waals surface area (Å²) in [6.45, 7) is 0.878. The molecule has 0 aromatic heterocycles. The quantitative estimate of drug-likeness (QED) is 0.326. The summed E-state index contributed by atoms with van der Waals surface area (Å²) in [5, 5.41) is 40.7.